The summed E-state index contributed by atoms with van der Waals surface area (Å²) in [4.78, 5) is 27.0. The minimum Gasteiger partial charge on any atom is -0.326 e. The van der Waals surface area contributed by atoms with Crippen molar-refractivity contribution in [1.29, 1.82) is 0 Å². The van der Waals surface area contributed by atoms with Crippen LogP contribution in [-0.4, -0.2) is 11.0 Å². The van der Waals surface area contributed by atoms with Gasteiger partial charge in [0.25, 0.3) is 5.09 Å². The number of nitrogens with one attached hydrogen (secondary N) is 1. The molecule has 148 valence electrons. The van der Waals surface area contributed by atoms with Crippen LogP contribution < -0.4 is 5.32 Å². The van der Waals surface area contributed by atoms with Crippen LogP contribution in [0.15, 0.2) is 72.8 Å². The van der Waals surface area contributed by atoms with Crippen LogP contribution in [0.25, 0.3) is 11.1 Å². The first-order chi connectivity index (χ1) is 13.9. The van der Waals surface area contributed by atoms with Gasteiger partial charge in [-0.3, -0.25) is 4.79 Å². The molecule has 3 rings (SSSR count). The van der Waals surface area contributed by atoms with Crippen LogP contribution in [0.3, 0.4) is 0 Å². The first-order valence-corrected chi connectivity index (χ1v) is 8.96. The van der Waals surface area contributed by atoms with E-state index >= 15 is 0 Å². The van der Waals surface area contributed by atoms with Crippen molar-refractivity contribution in [2.75, 3.05) is 5.32 Å². The highest BCUT2D eigenvalue weighted by Crippen LogP contribution is 2.27. The van der Waals surface area contributed by atoms with Gasteiger partial charge in [0.1, 0.15) is 12.4 Å². The Kier molecular flexibility index (Phi) is 6.19. The van der Waals surface area contributed by atoms with Gasteiger partial charge in [0, 0.05) is 11.3 Å². The van der Waals surface area contributed by atoms with Gasteiger partial charge in [-0.25, -0.2) is 4.39 Å². The van der Waals surface area contributed by atoms with E-state index in [2.05, 4.69) is 10.2 Å². The maximum absolute atomic E-state index is 14.6. The number of halogens is 1. The molecule has 0 saturated carbocycles. The number of hydrogen-bond acceptors (Lipinski definition) is 4. The Hall–Kier alpha value is -3.74. The number of carbonyl (C=O) groups excluding carboxylic acids is 1. The molecule has 3 aromatic carbocycles. The van der Waals surface area contributed by atoms with Crippen molar-refractivity contribution < 1.29 is 19.1 Å². The third-order valence-corrected chi connectivity index (χ3v) is 4.53. The van der Waals surface area contributed by atoms with Crippen molar-refractivity contribution >= 4 is 11.6 Å². The highest BCUT2D eigenvalue weighted by atomic mass is 19.1. The number of benzene rings is 3. The SMILES string of the molecule is CC(C(=O)Nc1ccc(CO[N+](=O)[O-])cc1)c1ccc(-c2ccccc2)c(F)c1. The summed E-state index contributed by atoms with van der Waals surface area (Å²) in [5.74, 6) is -1.23. The summed E-state index contributed by atoms with van der Waals surface area (Å²) in [6, 6.07) is 20.5. The Morgan fingerprint density at radius 3 is 2.41 bits per heavy atom. The van der Waals surface area contributed by atoms with Gasteiger partial charge >= 0.3 is 0 Å². The molecule has 1 amide bonds. The number of anilines is 1. The lowest BCUT2D eigenvalue weighted by molar-refractivity contribution is -0.763. The standard InChI is InChI=1S/C22H19FN2O4/c1-15(18-9-12-20(21(23)13-18)17-5-3-2-4-6-17)22(26)24-19-10-7-16(8-11-19)14-29-25(27)28/h2-13,15H,14H2,1H3,(H,24,26). The van der Waals surface area contributed by atoms with E-state index in [1.54, 1.807) is 43.3 Å². The van der Waals surface area contributed by atoms with Gasteiger partial charge in [0.2, 0.25) is 5.91 Å². The van der Waals surface area contributed by atoms with Crippen molar-refractivity contribution in [1.82, 2.24) is 0 Å². The van der Waals surface area contributed by atoms with Gasteiger partial charge in [-0.15, -0.1) is 10.1 Å². The van der Waals surface area contributed by atoms with Crippen molar-refractivity contribution in [3.8, 4) is 11.1 Å². The van der Waals surface area contributed by atoms with Crippen LogP contribution in [0.5, 0.6) is 0 Å². The number of carbonyl (C=O) groups is 1. The highest BCUT2D eigenvalue weighted by molar-refractivity contribution is 5.95. The number of amides is 1. The molecule has 1 atom stereocenters. The Labute approximate surface area is 167 Å². The average Bonchev–Trinajstić information content (AvgIpc) is 2.73. The summed E-state index contributed by atoms with van der Waals surface area (Å²) in [6.07, 6.45) is 0. The lowest BCUT2D eigenvalue weighted by Crippen LogP contribution is -2.19. The van der Waals surface area contributed by atoms with Crippen LogP contribution in [-0.2, 0) is 16.2 Å². The molecule has 0 fully saturated rings. The number of hydrogen-bond donors (Lipinski definition) is 1. The smallest absolute Gasteiger partial charge is 0.294 e. The minimum absolute atomic E-state index is 0.162. The van der Waals surface area contributed by atoms with E-state index < -0.39 is 11.0 Å². The van der Waals surface area contributed by atoms with E-state index in [9.17, 15) is 19.3 Å². The van der Waals surface area contributed by atoms with E-state index in [1.807, 2.05) is 30.3 Å². The monoisotopic (exact) mass is 394 g/mol. The predicted molar refractivity (Wildman–Crippen MR) is 107 cm³/mol. The predicted octanol–water partition coefficient (Wildman–Crippen LogP) is 4.94. The van der Waals surface area contributed by atoms with Crippen molar-refractivity contribution in [3.05, 3.63) is 99.9 Å². The van der Waals surface area contributed by atoms with E-state index in [4.69, 9.17) is 0 Å². The third-order valence-electron chi connectivity index (χ3n) is 4.53. The first-order valence-electron chi connectivity index (χ1n) is 8.96. The van der Waals surface area contributed by atoms with E-state index in [0.29, 0.717) is 22.4 Å². The van der Waals surface area contributed by atoms with Crippen LogP contribution >= 0.6 is 0 Å². The van der Waals surface area contributed by atoms with Crippen molar-refractivity contribution in [2.24, 2.45) is 0 Å². The van der Waals surface area contributed by atoms with Crippen molar-refractivity contribution in [2.45, 2.75) is 19.4 Å². The van der Waals surface area contributed by atoms with Crippen LogP contribution in [0.4, 0.5) is 10.1 Å². The van der Waals surface area contributed by atoms with Gasteiger partial charge in [-0.1, -0.05) is 54.6 Å². The molecule has 1 unspecified atom stereocenters. The topological polar surface area (TPSA) is 81.5 Å². The molecule has 3 aromatic rings. The summed E-state index contributed by atoms with van der Waals surface area (Å²) in [7, 11) is 0. The van der Waals surface area contributed by atoms with Crippen LogP contribution in [0, 0.1) is 15.9 Å². The van der Waals surface area contributed by atoms with Crippen LogP contribution in [0.1, 0.15) is 24.0 Å². The van der Waals surface area contributed by atoms with E-state index in [-0.39, 0.29) is 18.3 Å². The van der Waals surface area contributed by atoms with Gasteiger partial charge < -0.3 is 10.2 Å². The fourth-order valence-corrected chi connectivity index (χ4v) is 2.87. The summed E-state index contributed by atoms with van der Waals surface area (Å²) >= 11 is 0. The fourth-order valence-electron chi connectivity index (χ4n) is 2.87. The van der Waals surface area contributed by atoms with E-state index in [1.165, 1.54) is 6.07 Å². The maximum atomic E-state index is 14.6. The number of nitrogens with zero attached hydrogens (tertiary/aromatic N) is 1. The summed E-state index contributed by atoms with van der Waals surface area (Å²) < 4.78 is 14.6. The zero-order chi connectivity index (χ0) is 20.8. The fraction of sp³-hybridized carbons (Fsp3) is 0.136. The highest BCUT2D eigenvalue weighted by Gasteiger charge is 2.17. The molecular formula is C22H19FN2O4. The lowest BCUT2D eigenvalue weighted by atomic mass is 9.96. The molecule has 0 aliphatic rings. The molecule has 0 aromatic heterocycles. The summed E-state index contributed by atoms with van der Waals surface area (Å²) in [6.45, 7) is 1.54. The lowest BCUT2D eigenvalue weighted by Gasteiger charge is -2.14. The van der Waals surface area contributed by atoms with Gasteiger partial charge in [-0.05, 0) is 41.8 Å². The minimum atomic E-state index is -0.862. The molecule has 7 heteroatoms. The molecule has 1 N–H and O–H groups in total. The second-order valence-corrected chi connectivity index (χ2v) is 6.51. The molecule has 0 aliphatic carbocycles. The summed E-state index contributed by atoms with van der Waals surface area (Å²) in [5.41, 5.74) is 2.96. The Morgan fingerprint density at radius 2 is 1.79 bits per heavy atom. The van der Waals surface area contributed by atoms with Crippen LogP contribution in [0.2, 0.25) is 0 Å². The molecule has 0 spiro atoms. The zero-order valence-electron chi connectivity index (χ0n) is 15.7. The zero-order valence-corrected chi connectivity index (χ0v) is 15.7. The van der Waals surface area contributed by atoms with Gasteiger partial charge in [-0.2, -0.15) is 0 Å². The molecule has 0 heterocycles. The Bertz CT molecular complexity index is 1010. The number of rotatable bonds is 7. The average molecular weight is 394 g/mol. The molecule has 0 aliphatic heterocycles. The second-order valence-electron chi connectivity index (χ2n) is 6.51. The molecule has 6 nitrogen and oxygen atoms in total. The Morgan fingerprint density at radius 1 is 1.10 bits per heavy atom. The van der Waals surface area contributed by atoms with Crippen molar-refractivity contribution in [3.63, 3.8) is 0 Å². The maximum Gasteiger partial charge on any atom is 0.294 e. The largest absolute Gasteiger partial charge is 0.326 e. The molecule has 29 heavy (non-hydrogen) atoms. The molecule has 0 bridgehead atoms. The first kappa shape index (κ1) is 20.0. The van der Waals surface area contributed by atoms with Gasteiger partial charge in [0.15, 0.2) is 0 Å². The second kappa shape index (κ2) is 8.97. The quantitative estimate of drug-likeness (QED) is 0.454. The molecule has 0 radical (unpaired) electrons. The summed E-state index contributed by atoms with van der Waals surface area (Å²) in [5, 5.41) is 12.1. The molecule has 0 saturated heterocycles. The van der Waals surface area contributed by atoms with Gasteiger partial charge in [0.05, 0.1) is 5.92 Å². The molecular weight excluding hydrogens is 375 g/mol. The normalized spacial score (nSPS) is 11.5. The third kappa shape index (κ3) is 5.16. The van der Waals surface area contributed by atoms with E-state index in [0.717, 1.165) is 5.56 Å². The Balaban J connectivity index is 1.67.